The first-order valence-electron chi connectivity index (χ1n) is 5.67. The van der Waals surface area contributed by atoms with Gasteiger partial charge in [-0.1, -0.05) is 29.8 Å². The van der Waals surface area contributed by atoms with E-state index in [0.29, 0.717) is 5.56 Å². The number of hydrogen-bond donors (Lipinski definition) is 1. The van der Waals surface area contributed by atoms with Crippen LogP contribution in [0.5, 0.6) is 5.75 Å². The molecule has 0 saturated carbocycles. The van der Waals surface area contributed by atoms with E-state index in [4.69, 9.17) is 0 Å². The van der Waals surface area contributed by atoms with Crippen molar-refractivity contribution in [1.29, 1.82) is 0 Å². The van der Waals surface area contributed by atoms with Gasteiger partial charge in [-0.15, -0.1) is 0 Å². The predicted molar refractivity (Wildman–Crippen MR) is 70.1 cm³/mol. The summed E-state index contributed by atoms with van der Waals surface area (Å²) in [5, 5.41) is 9.77. The number of likely N-dealkylation sites (tertiary alicyclic amines) is 1. The number of rotatable bonds is 1. The smallest absolute Gasteiger partial charge is 0.257 e. The second-order valence-electron chi connectivity index (χ2n) is 5.30. The van der Waals surface area contributed by atoms with Crippen LogP contribution in [0.1, 0.15) is 30.6 Å². The van der Waals surface area contributed by atoms with E-state index in [-0.39, 0.29) is 17.1 Å². The number of halogens is 1. The fraction of sp³-hybridized carbons (Fsp3) is 0.462. The first-order chi connectivity index (χ1) is 7.89. The van der Waals surface area contributed by atoms with Gasteiger partial charge in [-0.25, -0.2) is 0 Å². The van der Waals surface area contributed by atoms with E-state index in [1.165, 1.54) is 0 Å². The summed E-state index contributed by atoms with van der Waals surface area (Å²) in [5.74, 6) is -0.0466. The molecule has 0 atom stereocenters. The molecular weight excluding hydrogens is 282 g/mol. The van der Waals surface area contributed by atoms with E-state index in [1.54, 1.807) is 18.2 Å². The summed E-state index contributed by atoms with van der Waals surface area (Å²) in [6.45, 7) is 5.83. The Labute approximate surface area is 110 Å². The molecule has 17 heavy (non-hydrogen) atoms. The minimum Gasteiger partial charge on any atom is -0.507 e. The average molecular weight is 298 g/mol. The number of carbonyl (C=O) groups is 1. The summed E-state index contributed by atoms with van der Waals surface area (Å²) >= 11 is 3.26. The lowest BCUT2D eigenvalue weighted by molar-refractivity contribution is 0.0775. The maximum atomic E-state index is 12.2. The second kappa shape index (κ2) is 4.33. The van der Waals surface area contributed by atoms with Crippen LogP contribution in [0.15, 0.2) is 22.7 Å². The van der Waals surface area contributed by atoms with Gasteiger partial charge in [-0.05, 0) is 30.0 Å². The highest BCUT2D eigenvalue weighted by Crippen LogP contribution is 2.31. The lowest BCUT2D eigenvalue weighted by Crippen LogP contribution is -2.30. The van der Waals surface area contributed by atoms with Crippen LogP contribution in [0.25, 0.3) is 0 Å². The number of amides is 1. The van der Waals surface area contributed by atoms with Gasteiger partial charge in [0.05, 0.1) is 5.56 Å². The highest BCUT2D eigenvalue weighted by atomic mass is 79.9. The molecule has 0 aliphatic carbocycles. The molecule has 0 spiro atoms. The topological polar surface area (TPSA) is 40.5 Å². The van der Waals surface area contributed by atoms with Gasteiger partial charge in [0.25, 0.3) is 5.91 Å². The van der Waals surface area contributed by atoms with Gasteiger partial charge in [-0.3, -0.25) is 4.79 Å². The Morgan fingerprint density at radius 3 is 2.71 bits per heavy atom. The van der Waals surface area contributed by atoms with Crippen LogP contribution in [0.3, 0.4) is 0 Å². The molecule has 1 aromatic rings. The molecule has 1 aliphatic rings. The molecule has 0 bridgehead atoms. The van der Waals surface area contributed by atoms with Crippen LogP contribution in [0, 0.1) is 5.41 Å². The molecule has 0 unspecified atom stereocenters. The van der Waals surface area contributed by atoms with Crippen molar-refractivity contribution in [3.05, 3.63) is 28.2 Å². The van der Waals surface area contributed by atoms with Crippen molar-refractivity contribution in [1.82, 2.24) is 4.90 Å². The van der Waals surface area contributed by atoms with Crippen LogP contribution in [-0.4, -0.2) is 29.0 Å². The van der Waals surface area contributed by atoms with Crippen LogP contribution in [0.4, 0.5) is 0 Å². The summed E-state index contributed by atoms with van der Waals surface area (Å²) in [4.78, 5) is 14.0. The number of phenolic OH excluding ortho intramolecular Hbond substituents is 1. The van der Waals surface area contributed by atoms with Gasteiger partial charge in [0.15, 0.2) is 0 Å². The van der Waals surface area contributed by atoms with Crippen molar-refractivity contribution in [3.8, 4) is 5.75 Å². The predicted octanol–water partition coefficient (Wildman–Crippen LogP) is 3.03. The first-order valence-corrected chi connectivity index (χ1v) is 6.46. The van der Waals surface area contributed by atoms with Crippen molar-refractivity contribution < 1.29 is 9.90 Å². The van der Waals surface area contributed by atoms with Gasteiger partial charge in [0.1, 0.15) is 5.75 Å². The SMILES string of the molecule is CC1(C)CCN(C(=O)c2ccc(Br)cc2O)C1. The monoisotopic (exact) mass is 297 g/mol. The van der Waals surface area contributed by atoms with Gasteiger partial charge < -0.3 is 10.0 Å². The standard InChI is InChI=1S/C13H16BrNO2/c1-13(2)5-6-15(8-13)12(17)10-4-3-9(14)7-11(10)16/h3-4,7,16H,5-6,8H2,1-2H3. The Morgan fingerprint density at radius 1 is 1.47 bits per heavy atom. The summed E-state index contributed by atoms with van der Waals surface area (Å²) in [5.41, 5.74) is 0.562. The second-order valence-corrected chi connectivity index (χ2v) is 6.22. The Hall–Kier alpha value is -1.03. The molecule has 2 rings (SSSR count). The summed E-state index contributed by atoms with van der Waals surface area (Å²) < 4.78 is 0.772. The number of carbonyl (C=O) groups excluding carboxylic acids is 1. The molecule has 1 heterocycles. The number of benzene rings is 1. The van der Waals surface area contributed by atoms with Crippen LogP contribution < -0.4 is 0 Å². The number of hydrogen-bond acceptors (Lipinski definition) is 2. The number of nitrogens with zero attached hydrogens (tertiary/aromatic N) is 1. The zero-order chi connectivity index (χ0) is 12.6. The quantitative estimate of drug-likeness (QED) is 0.865. The minimum absolute atomic E-state index is 0.0362. The molecule has 1 fully saturated rings. The fourth-order valence-corrected chi connectivity index (χ4v) is 2.49. The Morgan fingerprint density at radius 2 is 2.18 bits per heavy atom. The summed E-state index contributed by atoms with van der Waals surface area (Å²) in [7, 11) is 0. The van der Waals surface area contributed by atoms with E-state index in [9.17, 15) is 9.90 Å². The van der Waals surface area contributed by atoms with E-state index in [0.717, 1.165) is 24.0 Å². The van der Waals surface area contributed by atoms with Crippen molar-refractivity contribution in [2.24, 2.45) is 5.41 Å². The largest absolute Gasteiger partial charge is 0.507 e. The molecule has 4 heteroatoms. The molecule has 1 saturated heterocycles. The van der Waals surface area contributed by atoms with Gasteiger partial charge in [-0.2, -0.15) is 0 Å². The van der Waals surface area contributed by atoms with Crippen LogP contribution in [0.2, 0.25) is 0 Å². The van der Waals surface area contributed by atoms with Gasteiger partial charge >= 0.3 is 0 Å². The Balaban J connectivity index is 2.21. The summed E-state index contributed by atoms with van der Waals surface area (Å²) in [6, 6.07) is 4.98. The fourth-order valence-electron chi connectivity index (χ4n) is 2.14. The van der Waals surface area contributed by atoms with E-state index in [1.807, 2.05) is 4.90 Å². The third-order valence-corrected chi connectivity index (χ3v) is 3.65. The number of phenols is 1. The maximum Gasteiger partial charge on any atom is 0.257 e. The minimum atomic E-state index is -0.0828. The normalized spacial score (nSPS) is 18.4. The average Bonchev–Trinajstić information content (AvgIpc) is 2.58. The zero-order valence-electron chi connectivity index (χ0n) is 10.0. The molecule has 1 aromatic carbocycles. The zero-order valence-corrected chi connectivity index (χ0v) is 11.6. The molecule has 1 N–H and O–H groups in total. The van der Waals surface area contributed by atoms with E-state index >= 15 is 0 Å². The highest BCUT2D eigenvalue weighted by Gasteiger charge is 2.33. The van der Waals surface area contributed by atoms with Crippen molar-refractivity contribution in [2.75, 3.05) is 13.1 Å². The lowest BCUT2D eigenvalue weighted by atomic mass is 9.93. The molecule has 0 radical (unpaired) electrons. The third-order valence-electron chi connectivity index (χ3n) is 3.15. The Bertz CT molecular complexity index is 457. The van der Waals surface area contributed by atoms with Gasteiger partial charge in [0.2, 0.25) is 0 Å². The molecule has 1 amide bonds. The molecule has 1 aliphatic heterocycles. The number of aromatic hydroxyl groups is 1. The molecule has 92 valence electrons. The van der Waals surface area contributed by atoms with Crippen molar-refractivity contribution >= 4 is 21.8 Å². The summed E-state index contributed by atoms with van der Waals surface area (Å²) in [6.07, 6.45) is 1.01. The van der Waals surface area contributed by atoms with Crippen molar-refractivity contribution in [3.63, 3.8) is 0 Å². The third kappa shape index (κ3) is 2.63. The first kappa shape index (κ1) is 12.4. The van der Waals surface area contributed by atoms with Crippen molar-refractivity contribution in [2.45, 2.75) is 20.3 Å². The molecular formula is C13H16BrNO2. The van der Waals surface area contributed by atoms with E-state index in [2.05, 4.69) is 29.8 Å². The van der Waals surface area contributed by atoms with E-state index < -0.39 is 0 Å². The van der Waals surface area contributed by atoms with Crippen LogP contribution >= 0.6 is 15.9 Å². The van der Waals surface area contributed by atoms with Crippen LogP contribution in [-0.2, 0) is 0 Å². The molecule has 0 aromatic heterocycles. The molecule has 3 nitrogen and oxygen atoms in total. The lowest BCUT2D eigenvalue weighted by Gasteiger charge is -2.20. The highest BCUT2D eigenvalue weighted by molar-refractivity contribution is 9.10. The van der Waals surface area contributed by atoms with Gasteiger partial charge in [0, 0.05) is 17.6 Å². The Kier molecular flexibility index (Phi) is 3.17. The maximum absolute atomic E-state index is 12.2.